The van der Waals surface area contributed by atoms with E-state index in [4.69, 9.17) is 0 Å². The van der Waals surface area contributed by atoms with Gasteiger partial charge in [0, 0.05) is 6.54 Å². The predicted octanol–water partition coefficient (Wildman–Crippen LogP) is 1.01. The van der Waals surface area contributed by atoms with Crippen LogP contribution in [0.2, 0.25) is 0 Å². The van der Waals surface area contributed by atoms with Gasteiger partial charge in [-0.25, -0.2) is 0 Å². The van der Waals surface area contributed by atoms with Gasteiger partial charge in [0.05, 0.1) is 12.1 Å². The van der Waals surface area contributed by atoms with E-state index in [9.17, 15) is 18.3 Å². The number of nitrogens with zero attached hydrogens (tertiary/aromatic N) is 1. The van der Waals surface area contributed by atoms with Gasteiger partial charge in [-0.3, -0.25) is 4.90 Å². The maximum Gasteiger partial charge on any atom is 0.401 e. The molecule has 1 N–H and O–H groups in total. The van der Waals surface area contributed by atoms with Crippen molar-refractivity contribution in [3.63, 3.8) is 0 Å². The van der Waals surface area contributed by atoms with Crippen molar-refractivity contribution in [1.29, 1.82) is 0 Å². The molecule has 2 atom stereocenters. The molecule has 5 heteroatoms. The Bertz CT molecular complexity index is 216. The zero-order chi connectivity index (χ0) is 9.69. The van der Waals surface area contributed by atoms with Crippen molar-refractivity contribution in [2.24, 2.45) is 5.92 Å². The van der Waals surface area contributed by atoms with Crippen LogP contribution in [0, 0.1) is 5.92 Å². The molecule has 2 aliphatic rings. The van der Waals surface area contributed by atoms with Gasteiger partial charge in [-0.15, -0.1) is 0 Å². The number of halogens is 3. The molecule has 0 bridgehead atoms. The van der Waals surface area contributed by atoms with E-state index in [-0.39, 0.29) is 12.5 Å². The first kappa shape index (κ1) is 9.27. The van der Waals surface area contributed by atoms with Crippen LogP contribution in [0.1, 0.15) is 12.8 Å². The van der Waals surface area contributed by atoms with Crippen LogP contribution >= 0.6 is 0 Å². The summed E-state index contributed by atoms with van der Waals surface area (Å²) in [6, 6.07) is 0. The van der Waals surface area contributed by atoms with Crippen molar-refractivity contribution in [1.82, 2.24) is 4.90 Å². The van der Waals surface area contributed by atoms with Gasteiger partial charge < -0.3 is 5.11 Å². The molecule has 0 spiro atoms. The number of hydrogen-bond donors (Lipinski definition) is 1. The minimum atomic E-state index is -4.14. The number of alkyl halides is 3. The average Bonchev–Trinajstić information content (AvgIpc) is 2.55. The average molecular weight is 195 g/mol. The van der Waals surface area contributed by atoms with E-state index in [1.54, 1.807) is 0 Å². The molecule has 13 heavy (non-hydrogen) atoms. The van der Waals surface area contributed by atoms with Crippen LogP contribution < -0.4 is 0 Å². The third-order valence-electron chi connectivity index (χ3n) is 2.89. The normalized spacial score (nSPS) is 40.2. The molecular weight excluding hydrogens is 183 g/mol. The smallest absolute Gasteiger partial charge is 0.388 e. The lowest BCUT2D eigenvalue weighted by atomic mass is 10.1. The summed E-state index contributed by atoms with van der Waals surface area (Å²) in [6.45, 7) is -0.230. The van der Waals surface area contributed by atoms with Crippen LogP contribution in [-0.4, -0.2) is 41.4 Å². The SMILES string of the molecule is O[C@]12C[C@H]1CCN(CC(F)(F)F)C2. The quantitative estimate of drug-likeness (QED) is 0.674. The number of likely N-dealkylation sites (tertiary alicyclic amines) is 1. The number of piperidine rings is 1. The lowest BCUT2D eigenvalue weighted by molar-refractivity contribution is -0.152. The Labute approximate surface area is 74.3 Å². The number of fused-ring (bicyclic) bond motifs is 1. The van der Waals surface area contributed by atoms with Crippen molar-refractivity contribution in [2.45, 2.75) is 24.6 Å². The standard InChI is InChI=1S/C8H12F3NO/c9-8(10,11)5-12-2-1-6-3-7(6,13)4-12/h6,13H,1-5H2/t6-,7+/m1/s1. The minimum absolute atomic E-state index is 0.192. The number of β-amino-alcohol motifs (C(OH)–C–C–N with tert-alkyl or cyclic N) is 1. The predicted molar refractivity (Wildman–Crippen MR) is 40.2 cm³/mol. The van der Waals surface area contributed by atoms with Gasteiger partial charge >= 0.3 is 6.18 Å². The van der Waals surface area contributed by atoms with Crippen molar-refractivity contribution in [3.05, 3.63) is 0 Å². The Hall–Kier alpha value is -0.290. The van der Waals surface area contributed by atoms with E-state index in [0.29, 0.717) is 19.4 Å². The van der Waals surface area contributed by atoms with Crippen molar-refractivity contribution >= 4 is 0 Å². The first-order chi connectivity index (χ1) is 5.89. The van der Waals surface area contributed by atoms with Crippen LogP contribution in [0.25, 0.3) is 0 Å². The van der Waals surface area contributed by atoms with Gasteiger partial charge in [0.2, 0.25) is 0 Å². The Morgan fingerprint density at radius 1 is 1.46 bits per heavy atom. The second-order valence-electron chi connectivity index (χ2n) is 4.12. The Balaban J connectivity index is 1.88. The van der Waals surface area contributed by atoms with Crippen molar-refractivity contribution in [2.75, 3.05) is 19.6 Å². The van der Waals surface area contributed by atoms with E-state index < -0.39 is 18.3 Å². The van der Waals surface area contributed by atoms with Gasteiger partial charge in [0.15, 0.2) is 0 Å². The molecule has 1 aliphatic carbocycles. The van der Waals surface area contributed by atoms with Gasteiger partial charge in [0.1, 0.15) is 0 Å². The molecule has 0 aromatic carbocycles. The monoisotopic (exact) mass is 195 g/mol. The third-order valence-corrected chi connectivity index (χ3v) is 2.89. The van der Waals surface area contributed by atoms with E-state index in [0.717, 1.165) is 0 Å². The largest absolute Gasteiger partial charge is 0.401 e. The molecule has 0 amide bonds. The second-order valence-corrected chi connectivity index (χ2v) is 4.12. The second kappa shape index (κ2) is 2.60. The number of hydrogen-bond acceptors (Lipinski definition) is 2. The highest BCUT2D eigenvalue weighted by Crippen LogP contribution is 2.49. The molecule has 1 saturated carbocycles. The highest BCUT2D eigenvalue weighted by atomic mass is 19.4. The summed E-state index contributed by atoms with van der Waals surface area (Å²) in [4.78, 5) is 1.30. The Morgan fingerprint density at radius 3 is 2.69 bits per heavy atom. The van der Waals surface area contributed by atoms with Crippen LogP contribution in [0.3, 0.4) is 0 Å². The van der Waals surface area contributed by atoms with Crippen LogP contribution in [-0.2, 0) is 0 Å². The van der Waals surface area contributed by atoms with Crippen LogP contribution in [0.15, 0.2) is 0 Å². The van der Waals surface area contributed by atoms with Gasteiger partial charge in [-0.05, 0) is 25.3 Å². The summed E-state index contributed by atoms with van der Waals surface area (Å²) in [7, 11) is 0. The lowest BCUT2D eigenvalue weighted by Gasteiger charge is -2.30. The minimum Gasteiger partial charge on any atom is -0.388 e. The molecule has 0 unspecified atom stereocenters. The molecule has 0 aromatic rings. The van der Waals surface area contributed by atoms with Gasteiger partial charge in [0.25, 0.3) is 0 Å². The van der Waals surface area contributed by atoms with Gasteiger partial charge in [-0.2, -0.15) is 13.2 Å². The maximum absolute atomic E-state index is 12.0. The molecule has 1 saturated heterocycles. The van der Waals surface area contributed by atoms with E-state index >= 15 is 0 Å². The van der Waals surface area contributed by atoms with Crippen molar-refractivity contribution in [3.8, 4) is 0 Å². The highest BCUT2D eigenvalue weighted by molar-refractivity contribution is 5.08. The molecule has 1 aliphatic heterocycles. The zero-order valence-electron chi connectivity index (χ0n) is 7.14. The topological polar surface area (TPSA) is 23.5 Å². The van der Waals surface area contributed by atoms with Crippen LogP contribution in [0.4, 0.5) is 13.2 Å². The van der Waals surface area contributed by atoms with Crippen molar-refractivity contribution < 1.29 is 18.3 Å². The first-order valence-electron chi connectivity index (χ1n) is 4.41. The fraction of sp³-hybridized carbons (Fsp3) is 1.00. The molecule has 2 fully saturated rings. The lowest BCUT2D eigenvalue weighted by Crippen LogP contribution is -2.44. The summed E-state index contributed by atoms with van der Waals surface area (Å²) < 4.78 is 35.9. The molecule has 2 nitrogen and oxygen atoms in total. The van der Waals surface area contributed by atoms with E-state index in [1.807, 2.05) is 0 Å². The fourth-order valence-corrected chi connectivity index (χ4v) is 2.13. The maximum atomic E-state index is 12.0. The summed E-state index contributed by atoms with van der Waals surface area (Å²) >= 11 is 0. The van der Waals surface area contributed by atoms with E-state index in [2.05, 4.69) is 0 Å². The fourth-order valence-electron chi connectivity index (χ4n) is 2.13. The van der Waals surface area contributed by atoms with Crippen LogP contribution in [0.5, 0.6) is 0 Å². The van der Waals surface area contributed by atoms with E-state index in [1.165, 1.54) is 4.90 Å². The number of rotatable bonds is 1. The first-order valence-corrected chi connectivity index (χ1v) is 4.41. The molecule has 0 radical (unpaired) electrons. The number of aliphatic hydroxyl groups is 1. The molecule has 76 valence electrons. The molecular formula is C8H12F3NO. The molecule has 0 aromatic heterocycles. The summed E-state index contributed by atoms with van der Waals surface area (Å²) in [5, 5.41) is 9.61. The van der Waals surface area contributed by atoms with Gasteiger partial charge in [-0.1, -0.05) is 0 Å². The molecule has 1 heterocycles. The molecule has 2 rings (SSSR count). The zero-order valence-corrected chi connectivity index (χ0v) is 7.14. The Kier molecular flexibility index (Phi) is 1.86. The highest BCUT2D eigenvalue weighted by Gasteiger charge is 2.56. The summed E-state index contributed by atoms with van der Waals surface area (Å²) in [5.74, 6) is 0.261. The Morgan fingerprint density at radius 2 is 2.15 bits per heavy atom. The third kappa shape index (κ3) is 1.96. The summed E-state index contributed by atoms with van der Waals surface area (Å²) in [6.07, 6.45) is -2.76. The summed E-state index contributed by atoms with van der Waals surface area (Å²) in [5.41, 5.74) is -0.788.